The van der Waals surface area contributed by atoms with Crippen molar-refractivity contribution >= 4 is 0 Å². The van der Waals surface area contributed by atoms with Crippen LogP contribution in [0.5, 0.6) is 0 Å². The lowest BCUT2D eigenvalue weighted by Gasteiger charge is -2.23. The molecule has 2 unspecified atom stereocenters. The van der Waals surface area contributed by atoms with Gasteiger partial charge < -0.3 is 5.32 Å². The Morgan fingerprint density at radius 3 is 2.05 bits per heavy atom. The second-order valence-electron chi connectivity index (χ2n) is 6.21. The molecule has 0 radical (unpaired) electrons. The van der Waals surface area contributed by atoms with Crippen molar-refractivity contribution in [1.82, 2.24) is 15.1 Å². The molecule has 3 heteroatoms. The molecule has 1 aromatic heterocycles. The summed E-state index contributed by atoms with van der Waals surface area (Å²) in [5, 5.41) is 8.04. The van der Waals surface area contributed by atoms with E-state index >= 15 is 0 Å². The van der Waals surface area contributed by atoms with Gasteiger partial charge in [0.25, 0.3) is 0 Å². The SMILES string of the molecule is Cc1cc(C)c(C(C)NC(C)c2cnn(C)c2C)cc1C. The van der Waals surface area contributed by atoms with E-state index in [0.29, 0.717) is 6.04 Å². The molecule has 0 amide bonds. The molecule has 1 heterocycles. The van der Waals surface area contributed by atoms with Crippen LogP contribution >= 0.6 is 0 Å². The van der Waals surface area contributed by atoms with Crippen LogP contribution in [-0.2, 0) is 7.05 Å². The van der Waals surface area contributed by atoms with Crippen LogP contribution in [0, 0.1) is 27.7 Å². The van der Waals surface area contributed by atoms with Crippen LogP contribution in [0.2, 0.25) is 0 Å². The zero-order valence-electron chi connectivity index (χ0n) is 14.3. The molecule has 0 saturated heterocycles. The summed E-state index contributed by atoms with van der Waals surface area (Å²) >= 11 is 0. The van der Waals surface area contributed by atoms with Crippen molar-refractivity contribution in [3.8, 4) is 0 Å². The Morgan fingerprint density at radius 2 is 1.48 bits per heavy atom. The van der Waals surface area contributed by atoms with E-state index in [1.165, 1.54) is 33.5 Å². The number of benzene rings is 1. The van der Waals surface area contributed by atoms with Crippen molar-refractivity contribution in [3.63, 3.8) is 0 Å². The van der Waals surface area contributed by atoms with Crippen LogP contribution in [0.4, 0.5) is 0 Å². The third kappa shape index (κ3) is 3.18. The second-order valence-corrected chi connectivity index (χ2v) is 6.21. The van der Waals surface area contributed by atoms with E-state index < -0.39 is 0 Å². The van der Waals surface area contributed by atoms with Gasteiger partial charge in [-0.1, -0.05) is 12.1 Å². The van der Waals surface area contributed by atoms with Crippen molar-refractivity contribution in [2.24, 2.45) is 7.05 Å². The van der Waals surface area contributed by atoms with Gasteiger partial charge in [-0.05, 0) is 63.8 Å². The monoisotopic (exact) mass is 285 g/mol. The molecule has 1 aromatic carbocycles. The Balaban J connectivity index is 2.20. The largest absolute Gasteiger partial charge is 0.304 e. The Labute approximate surface area is 128 Å². The summed E-state index contributed by atoms with van der Waals surface area (Å²) in [6.45, 7) is 13.1. The van der Waals surface area contributed by atoms with Crippen molar-refractivity contribution in [2.45, 2.75) is 53.6 Å². The molecule has 0 saturated carbocycles. The summed E-state index contributed by atoms with van der Waals surface area (Å²) in [5.41, 5.74) is 7.94. The maximum atomic E-state index is 4.34. The first-order valence-corrected chi connectivity index (χ1v) is 7.63. The summed E-state index contributed by atoms with van der Waals surface area (Å²) in [6, 6.07) is 5.20. The molecule has 0 aliphatic carbocycles. The standard InChI is InChI=1S/C18H27N3/c1-11-8-13(3)17(9-12(11)2)14(4)20-15(5)18-10-19-21(7)16(18)6/h8-10,14-15,20H,1-7H3. The highest BCUT2D eigenvalue weighted by molar-refractivity contribution is 5.38. The molecule has 2 atom stereocenters. The lowest BCUT2D eigenvalue weighted by molar-refractivity contribution is 0.491. The summed E-state index contributed by atoms with van der Waals surface area (Å²) < 4.78 is 1.93. The number of aryl methyl sites for hydroxylation is 4. The van der Waals surface area contributed by atoms with Crippen molar-refractivity contribution in [2.75, 3.05) is 0 Å². The van der Waals surface area contributed by atoms with E-state index in [-0.39, 0.29) is 6.04 Å². The first-order valence-electron chi connectivity index (χ1n) is 7.63. The number of aromatic nitrogens is 2. The zero-order chi connectivity index (χ0) is 15.7. The van der Waals surface area contributed by atoms with Crippen LogP contribution in [0.1, 0.15) is 59.4 Å². The Hall–Kier alpha value is -1.61. The van der Waals surface area contributed by atoms with Crippen molar-refractivity contribution in [3.05, 3.63) is 51.8 Å². The minimum atomic E-state index is 0.287. The van der Waals surface area contributed by atoms with Gasteiger partial charge in [-0.25, -0.2) is 0 Å². The van der Waals surface area contributed by atoms with E-state index in [1.54, 1.807) is 0 Å². The van der Waals surface area contributed by atoms with E-state index in [0.717, 1.165) is 0 Å². The fourth-order valence-electron chi connectivity index (χ4n) is 2.94. The van der Waals surface area contributed by atoms with Crippen LogP contribution in [0.3, 0.4) is 0 Å². The Bertz CT molecular complexity index is 640. The van der Waals surface area contributed by atoms with Crippen LogP contribution in [0.25, 0.3) is 0 Å². The summed E-state index contributed by atoms with van der Waals surface area (Å²) in [6.07, 6.45) is 1.97. The van der Waals surface area contributed by atoms with Crippen LogP contribution < -0.4 is 5.32 Å². The molecular formula is C18H27N3. The maximum Gasteiger partial charge on any atom is 0.0540 e. The highest BCUT2D eigenvalue weighted by atomic mass is 15.3. The minimum Gasteiger partial charge on any atom is -0.304 e. The molecule has 0 spiro atoms. The van der Waals surface area contributed by atoms with Gasteiger partial charge in [-0.3, -0.25) is 4.68 Å². The first kappa shape index (κ1) is 15.8. The van der Waals surface area contributed by atoms with Gasteiger partial charge in [0.2, 0.25) is 0 Å². The Kier molecular flexibility index (Phi) is 4.52. The van der Waals surface area contributed by atoms with Gasteiger partial charge >= 0.3 is 0 Å². The van der Waals surface area contributed by atoms with Crippen molar-refractivity contribution < 1.29 is 0 Å². The van der Waals surface area contributed by atoms with Gasteiger partial charge in [0.15, 0.2) is 0 Å². The molecule has 2 aromatic rings. The predicted molar refractivity (Wildman–Crippen MR) is 88.6 cm³/mol. The summed E-state index contributed by atoms with van der Waals surface area (Å²) in [5.74, 6) is 0. The summed E-state index contributed by atoms with van der Waals surface area (Å²) in [7, 11) is 1.99. The number of hydrogen-bond acceptors (Lipinski definition) is 2. The van der Waals surface area contributed by atoms with Gasteiger partial charge in [0.05, 0.1) is 6.20 Å². The maximum absolute atomic E-state index is 4.34. The van der Waals surface area contributed by atoms with E-state index in [9.17, 15) is 0 Å². The zero-order valence-corrected chi connectivity index (χ0v) is 14.3. The quantitative estimate of drug-likeness (QED) is 0.918. The average molecular weight is 285 g/mol. The number of nitrogens with zero attached hydrogens (tertiary/aromatic N) is 2. The number of rotatable bonds is 4. The average Bonchev–Trinajstić information content (AvgIpc) is 2.74. The molecule has 0 aliphatic rings. The lowest BCUT2D eigenvalue weighted by atomic mass is 9.95. The third-order valence-electron chi connectivity index (χ3n) is 4.59. The normalized spacial score (nSPS) is 14.2. The molecule has 0 aliphatic heterocycles. The molecule has 1 N–H and O–H groups in total. The molecule has 0 fully saturated rings. The minimum absolute atomic E-state index is 0.287. The van der Waals surface area contributed by atoms with Crippen LogP contribution in [0.15, 0.2) is 18.3 Å². The smallest absolute Gasteiger partial charge is 0.0540 e. The third-order valence-corrected chi connectivity index (χ3v) is 4.59. The lowest BCUT2D eigenvalue weighted by Crippen LogP contribution is -2.23. The van der Waals surface area contributed by atoms with Gasteiger partial charge in [0, 0.05) is 30.4 Å². The fourth-order valence-corrected chi connectivity index (χ4v) is 2.94. The van der Waals surface area contributed by atoms with E-state index in [1.807, 2.05) is 17.9 Å². The molecule has 2 rings (SSSR count). The highest BCUT2D eigenvalue weighted by Gasteiger charge is 2.16. The van der Waals surface area contributed by atoms with Gasteiger partial charge in [-0.2, -0.15) is 5.10 Å². The van der Waals surface area contributed by atoms with Crippen molar-refractivity contribution in [1.29, 1.82) is 0 Å². The highest BCUT2D eigenvalue weighted by Crippen LogP contribution is 2.25. The molecule has 3 nitrogen and oxygen atoms in total. The number of hydrogen-bond donors (Lipinski definition) is 1. The van der Waals surface area contributed by atoms with Gasteiger partial charge in [0.1, 0.15) is 0 Å². The molecule has 0 bridgehead atoms. The fraction of sp³-hybridized carbons (Fsp3) is 0.500. The Morgan fingerprint density at radius 1 is 0.905 bits per heavy atom. The van der Waals surface area contributed by atoms with Crippen LogP contribution in [-0.4, -0.2) is 9.78 Å². The predicted octanol–water partition coefficient (Wildman–Crippen LogP) is 4.07. The van der Waals surface area contributed by atoms with Gasteiger partial charge in [-0.15, -0.1) is 0 Å². The van der Waals surface area contributed by atoms with E-state index in [4.69, 9.17) is 0 Å². The first-order chi connectivity index (χ1) is 9.81. The molecule has 21 heavy (non-hydrogen) atoms. The number of nitrogens with one attached hydrogen (secondary N) is 1. The topological polar surface area (TPSA) is 29.9 Å². The van der Waals surface area contributed by atoms with E-state index in [2.05, 4.69) is 64.1 Å². The molecular weight excluding hydrogens is 258 g/mol. The summed E-state index contributed by atoms with van der Waals surface area (Å²) in [4.78, 5) is 0. The molecule has 114 valence electrons. The second kappa shape index (κ2) is 6.02.